The fraction of sp³-hybridized carbons (Fsp3) is 0.0345. The van der Waals surface area contributed by atoms with E-state index in [-0.39, 0.29) is 11.6 Å². The Labute approximate surface area is 190 Å². The number of hydrogen-bond acceptors (Lipinski definition) is 2. The van der Waals surface area contributed by atoms with E-state index in [1.54, 1.807) is 18.2 Å². The number of rotatable bonds is 2. The molecule has 0 saturated carbocycles. The monoisotopic (exact) mass is 432 g/mol. The van der Waals surface area contributed by atoms with Gasteiger partial charge in [0, 0.05) is 16.1 Å². The van der Waals surface area contributed by atoms with E-state index in [2.05, 4.69) is 0 Å². The minimum atomic E-state index is -1.42. The summed E-state index contributed by atoms with van der Waals surface area (Å²) in [5, 5.41) is 0.446. The number of carbonyl (C=O) groups is 2. The largest absolute Gasteiger partial charge is 0.292 e. The van der Waals surface area contributed by atoms with Gasteiger partial charge in [0.05, 0.1) is 0 Å². The van der Waals surface area contributed by atoms with E-state index in [0.717, 1.165) is 33.4 Å². The van der Waals surface area contributed by atoms with Gasteiger partial charge in [0.2, 0.25) is 0 Å². The first-order valence-electron chi connectivity index (χ1n) is 10.5. The number of benzene rings is 4. The summed E-state index contributed by atoms with van der Waals surface area (Å²) in [6.45, 7) is 0. The molecule has 0 amide bonds. The van der Waals surface area contributed by atoms with Crippen LogP contribution in [0.2, 0.25) is 5.02 Å². The van der Waals surface area contributed by atoms with Crippen molar-refractivity contribution >= 4 is 34.3 Å². The molecule has 3 heteroatoms. The average Bonchev–Trinajstić information content (AvgIpc) is 3.26. The standard InChI is InChI=1S/C29H17ClO2/c30-20-15-16-21-23(17-20)28(32)29(27(21)31)24-14-8-7-13-22(24)25(18-9-3-1-4-10-18)26(29)19-11-5-2-6-12-19/h1-17H/t29-/m1/s1. The van der Waals surface area contributed by atoms with Crippen LogP contribution in [0.4, 0.5) is 0 Å². The number of allylic oxidation sites excluding steroid dienone is 1. The second-order valence-electron chi connectivity index (χ2n) is 8.13. The summed E-state index contributed by atoms with van der Waals surface area (Å²) in [5.74, 6) is -0.399. The number of halogens is 1. The van der Waals surface area contributed by atoms with E-state index < -0.39 is 5.41 Å². The lowest BCUT2D eigenvalue weighted by atomic mass is 9.70. The molecule has 1 atom stereocenters. The molecule has 6 rings (SSSR count). The molecule has 0 heterocycles. The topological polar surface area (TPSA) is 34.1 Å². The first-order valence-corrected chi connectivity index (χ1v) is 10.9. The van der Waals surface area contributed by atoms with Gasteiger partial charge in [-0.3, -0.25) is 9.59 Å². The smallest absolute Gasteiger partial charge is 0.186 e. The van der Waals surface area contributed by atoms with Crippen LogP contribution in [0.15, 0.2) is 103 Å². The molecule has 0 aliphatic heterocycles. The lowest BCUT2D eigenvalue weighted by molar-refractivity contribution is 0.0845. The van der Waals surface area contributed by atoms with Crippen LogP contribution < -0.4 is 0 Å². The number of Topliss-reactive ketones (excluding diaryl/α,β-unsaturated/α-hetero) is 2. The summed E-state index contributed by atoms with van der Waals surface area (Å²) in [7, 11) is 0. The molecular weight excluding hydrogens is 416 g/mol. The van der Waals surface area contributed by atoms with Gasteiger partial charge in [-0.05, 0) is 51.6 Å². The predicted octanol–water partition coefficient (Wildman–Crippen LogP) is 6.63. The molecule has 4 aromatic rings. The highest BCUT2D eigenvalue weighted by atomic mass is 35.5. The Bertz CT molecular complexity index is 1450. The van der Waals surface area contributed by atoms with Gasteiger partial charge in [-0.1, -0.05) is 96.5 Å². The van der Waals surface area contributed by atoms with E-state index in [1.165, 1.54) is 0 Å². The highest BCUT2D eigenvalue weighted by Crippen LogP contribution is 2.58. The molecule has 0 aromatic heterocycles. The van der Waals surface area contributed by atoms with Crippen LogP contribution in [0.25, 0.3) is 11.1 Å². The summed E-state index contributed by atoms with van der Waals surface area (Å²) in [6, 6.07) is 32.5. The second kappa shape index (κ2) is 6.88. The van der Waals surface area contributed by atoms with Crippen molar-refractivity contribution in [3.05, 3.63) is 142 Å². The molecule has 152 valence electrons. The molecule has 32 heavy (non-hydrogen) atoms. The number of carbonyl (C=O) groups excluding carboxylic acids is 2. The molecular formula is C29H17ClO2. The zero-order valence-electron chi connectivity index (χ0n) is 17.0. The SMILES string of the molecule is O=C1c2ccc(Cl)cc2C(=O)[C@]12C(c1ccccc1)=C(c1ccccc1)c1ccccc12. The fourth-order valence-electron chi connectivity index (χ4n) is 5.24. The summed E-state index contributed by atoms with van der Waals surface area (Å²) >= 11 is 6.23. The van der Waals surface area contributed by atoms with Crippen LogP contribution in [0, 0.1) is 0 Å². The van der Waals surface area contributed by atoms with Gasteiger partial charge in [0.1, 0.15) is 5.41 Å². The lowest BCUT2D eigenvalue weighted by Gasteiger charge is -2.26. The third-order valence-electron chi connectivity index (χ3n) is 6.50. The molecule has 0 saturated heterocycles. The van der Waals surface area contributed by atoms with Gasteiger partial charge in [-0.2, -0.15) is 0 Å². The van der Waals surface area contributed by atoms with Gasteiger partial charge in [-0.25, -0.2) is 0 Å². The van der Waals surface area contributed by atoms with Gasteiger partial charge in [0.15, 0.2) is 11.6 Å². The zero-order valence-corrected chi connectivity index (χ0v) is 17.8. The highest BCUT2D eigenvalue weighted by Gasteiger charge is 2.61. The van der Waals surface area contributed by atoms with E-state index in [4.69, 9.17) is 11.6 Å². The Morgan fingerprint density at radius 3 is 1.88 bits per heavy atom. The minimum absolute atomic E-state index is 0.189. The van der Waals surface area contributed by atoms with Crippen LogP contribution in [0.5, 0.6) is 0 Å². The molecule has 0 N–H and O–H groups in total. The Morgan fingerprint density at radius 1 is 0.562 bits per heavy atom. The van der Waals surface area contributed by atoms with E-state index >= 15 is 0 Å². The summed E-state index contributed by atoms with van der Waals surface area (Å²) in [4.78, 5) is 28.4. The molecule has 1 spiro atoms. The van der Waals surface area contributed by atoms with Crippen molar-refractivity contribution in [1.82, 2.24) is 0 Å². The zero-order chi connectivity index (χ0) is 21.9. The second-order valence-corrected chi connectivity index (χ2v) is 8.56. The summed E-state index contributed by atoms with van der Waals surface area (Å²) < 4.78 is 0. The van der Waals surface area contributed by atoms with Crippen LogP contribution in [0.3, 0.4) is 0 Å². The molecule has 0 fully saturated rings. The third kappa shape index (κ3) is 2.36. The van der Waals surface area contributed by atoms with Gasteiger partial charge >= 0.3 is 0 Å². The third-order valence-corrected chi connectivity index (χ3v) is 6.74. The first kappa shape index (κ1) is 19.0. The van der Waals surface area contributed by atoms with Crippen molar-refractivity contribution in [2.24, 2.45) is 0 Å². The molecule has 0 bridgehead atoms. The Kier molecular flexibility index (Phi) is 4.08. The number of ketones is 2. The van der Waals surface area contributed by atoms with Crippen LogP contribution >= 0.6 is 11.6 Å². The van der Waals surface area contributed by atoms with Crippen molar-refractivity contribution in [3.8, 4) is 0 Å². The average molecular weight is 433 g/mol. The Morgan fingerprint density at radius 2 is 1.16 bits per heavy atom. The van der Waals surface area contributed by atoms with Crippen molar-refractivity contribution in [2.75, 3.05) is 0 Å². The maximum Gasteiger partial charge on any atom is 0.186 e. The summed E-state index contributed by atoms with van der Waals surface area (Å²) in [6.07, 6.45) is 0. The molecule has 0 radical (unpaired) electrons. The Hall–Kier alpha value is -3.75. The molecule has 2 nitrogen and oxygen atoms in total. The quantitative estimate of drug-likeness (QED) is 0.333. The van der Waals surface area contributed by atoms with Crippen LogP contribution in [-0.4, -0.2) is 11.6 Å². The maximum absolute atomic E-state index is 14.2. The lowest BCUT2D eigenvalue weighted by Crippen LogP contribution is -2.38. The van der Waals surface area contributed by atoms with Gasteiger partial charge < -0.3 is 0 Å². The van der Waals surface area contributed by atoms with Gasteiger partial charge in [-0.15, -0.1) is 0 Å². The minimum Gasteiger partial charge on any atom is -0.292 e. The molecule has 4 aromatic carbocycles. The summed E-state index contributed by atoms with van der Waals surface area (Å²) in [5.41, 5.74) is 4.56. The van der Waals surface area contributed by atoms with Crippen molar-refractivity contribution in [3.63, 3.8) is 0 Å². The predicted molar refractivity (Wildman–Crippen MR) is 127 cm³/mol. The molecule has 2 aliphatic rings. The van der Waals surface area contributed by atoms with Crippen LogP contribution in [0.1, 0.15) is 43.0 Å². The maximum atomic E-state index is 14.2. The fourth-order valence-corrected chi connectivity index (χ4v) is 5.41. The number of fused-ring (bicyclic) bond motifs is 3. The van der Waals surface area contributed by atoms with Crippen molar-refractivity contribution in [1.29, 1.82) is 0 Å². The Balaban J connectivity index is 1.78. The number of hydrogen-bond donors (Lipinski definition) is 0. The van der Waals surface area contributed by atoms with E-state index in [9.17, 15) is 9.59 Å². The van der Waals surface area contributed by atoms with Crippen LogP contribution in [-0.2, 0) is 5.41 Å². The molecule has 2 aliphatic carbocycles. The van der Waals surface area contributed by atoms with Crippen molar-refractivity contribution in [2.45, 2.75) is 5.41 Å². The van der Waals surface area contributed by atoms with E-state index in [1.807, 2.05) is 84.9 Å². The first-order chi connectivity index (χ1) is 15.6. The highest BCUT2D eigenvalue weighted by molar-refractivity contribution is 6.43. The molecule has 0 unspecified atom stereocenters. The van der Waals surface area contributed by atoms with Crippen molar-refractivity contribution < 1.29 is 9.59 Å². The van der Waals surface area contributed by atoms with Gasteiger partial charge in [0.25, 0.3) is 0 Å². The normalized spacial score (nSPS) is 18.9. The van der Waals surface area contributed by atoms with E-state index in [0.29, 0.717) is 16.1 Å².